The molecule has 0 aromatic heterocycles. The summed E-state index contributed by atoms with van der Waals surface area (Å²) in [5.74, 6) is -0.778. The van der Waals surface area contributed by atoms with Gasteiger partial charge >= 0.3 is 0 Å². The number of hydrogen-bond donors (Lipinski definition) is 2. The normalized spacial score (nSPS) is 26.4. The molecule has 4 nitrogen and oxygen atoms in total. The molecule has 2 heterocycles. The van der Waals surface area contributed by atoms with Gasteiger partial charge in [-0.2, -0.15) is 0 Å². The smallest absolute Gasteiger partial charge is 0.248 e. The van der Waals surface area contributed by atoms with Crippen molar-refractivity contribution in [3.63, 3.8) is 0 Å². The standard InChI is InChI=1S/C15H20FN3O/c16-14-4-1-10(15(17)20)7-11(14)8-19-6-5-12-2-3-13(9-19)18-12/h1,4,7,12-13,18H,2-3,5-6,8-9H2,(H2,17,20). The SMILES string of the molecule is NC(=O)c1ccc(F)c(CN2CCC3CCC(C2)N3)c1. The maximum atomic E-state index is 13.9. The van der Waals surface area contributed by atoms with E-state index in [1.165, 1.54) is 25.0 Å². The Balaban J connectivity index is 1.73. The second-order valence-corrected chi connectivity index (χ2v) is 5.83. The maximum absolute atomic E-state index is 13.9. The van der Waals surface area contributed by atoms with Crippen molar-refractivity contribution >= 4 is 5.91 Å². The minimum absolute atomic E-state index is 0.266. The van der Waals surface area contributed by atoms with E-state index in [0.29, 0.717) is 29.8 Å². The fourth-order valence-electron chi connectivity index (χ4n) is 3.25. The van der Waals surface area contributed by atoms with E-state index in [1.54, 1.807) is 6.07 Å². The average molecular weight is 277 g/mol. The summed E-state index contributed by atoms with van der Waals surface area (Å²) in [4.78, 5) is 13.5. The number of carbonyl (C=O) groups excluding carboxylic acids is 1. The Labute approximate surface area is 118 Å². The molecule has 108 valence electrons. The summed E-state index contributed by atoms with van der Waals surface area (Å²) in [6.45, 7) is 2.45. The molecule has 2 saturated heterocycles. The Morgan fingerprint density at radius 3 is 2.95 bits per heavy atom. The molecule has 2 bridgehead atoms. The van der Waals surface area contributed by atoms with E-state index in [-0.39, 0.29) is 5.82 Å². The van der Waals surface area contributed by atoms with Crippen LogP contribution in [0.25, 0.3) is 0 Å². The van der Waals surface area contributed by atoms with Crippen LogP contribution in [0.15, 0.2) is 18.2 Å². The zero-order valence-corrected chi connectivity index (χ0v) is 11.4. The lowest BCUT2D eigenvalue weighted by molar-refractivity contribution is 0.1000. The highest BCUT2D eigenvalue weighted by Crippen LogP contribution is 2.22. The van der Waals surface area contributed by atoms with Crippen molar-refractivity contribution in [1.29, 1.82) is 0 Å². The number of carbonyl (C=O) groups is 1. The first-order valence-corrected chi connectivity index (χ1v) is 7.18. The fraction of sp³-hybridized carbons (Fsp3) is 0.533. The third kappa shape index (κ3) is 2.83. The summed E-state index contributed by atoms with van der Waals surface area (Å²) >= 11 is 0. The zero-order chi connectivity index (χ0) is 14.1. The molecule has 2 aliphatic heterocycles. The van der Waals surface area contributed by atoms with Crippen LogP contribution in [0.2, 0.25) is 0 Å². The van der Waals surface area contributed by atoms with E-state index in [0.717, 1.165) is 19.5 Å². The summed E-state index contributed by atoms with van der Waals surface area (Å²) in [6, 6.07) is 5.48. The molecule has 3 rings (SSSR count). The second-order valence-electron chi connectivity index (χ2n) is 5.83. The van der Waals surface area contributed by atoms with E-state index in [2.05, 4.69) is 10.2 Å². The van der Waals surface area contributed by atoms with Gasteiger partial charge in [0.2, 0.25) is 5.91 Å². The van der Waals surface area contributed by atoms with Crippen molar-refractivity contribution in [3.05, 3.63) is 35.1 Å². The number of halogens is 1. The molecule has 2 atom stereocenters. The molecule has 2 aliphatic rings. The van der Waals surface area contributed by atoms with Gasteiger partial charge in [0.15, 0.2) is 0 Å². The van der Waals surface area contributed by atoms with Crippen molar-refractivity contribution < 1.29 is 9.18 Å². The van der Waals surface area contributed by atoms with Gasteiger partial charge in [-0.15, -0.1) is 0 Å². The number of likely N-dealkylation sites (tertiary alicyclic amines) is 1. The monoisotopic (exact) mass is 277 g/mol. The van der Waals surface area contributed by atoms with E-state index in [4.69, 9.17) is 5.73 Å². The van der Waals surface area contributed by atoms with Crippen molar-refractivity contribution in [2.75, 3.05) is 13.1 Å². The number of nitrogens with two attached hydrogens (primary N) is 1. The first kappa shape index (κ1) is 13.5. The predicted molar refractivity (Wildman–Crippen MR) is 74.8 cm³/mol. The highest BCUT2D eigenvalue weighted by molar-refractivity contribution is 5.92. The van der Waals surface area contributed by atoms with E-state index < -0.39 is 5.91 Å². The lowest BCUT2D eigenvalue weighted by atomic mass is 10.1. The van der Waals surface area contributed by atoms with Gasteiger partial charge in [0.05, 0.1) is 0 Å². The first-order valence-electron chi connectivity index (χ1n) is 7.18. The molecule has 3 N–H and O–H groups in total. The molecule has 1 aromatic carbocycles. The Bertz CT molecular complexity index is 520. The fourth-order valence-corrected chi connectivity index (χ4v) is 3.25. The Morgan fingerprint density at radius 2 is 2.15 bits per heavy atom. The van der Waals surface area contributed by atoms with Crippen molar-refractivity contribution in [2.45, 2.75) is 37.9 Å². The van der Waals surface area contributed by atoms with E-state index >= 15 is 0 Å². The minimum atomic E-state index is -0.511. The van der Waals surface area contributed by atoms with Crippen molar-refractivity contribution in [3.8, 4) is 0 Å². The van der Waals surface area contributed by atoms with Crippen LogP contribution in [0.1, 0.15) is 35.2 Å². The summed E-state index contributed by atoms with van der Waals surface area (Å²) in [5.41, 5.74) is 6.18. The van der Waals surface area contributed by atoms with Gasteiger partial charge in [0, 0.05) is 42.8 Å². The van der Waals surface area contributed by atoms with Gasteiger partial charge in [-0.05, 0) is 37.5 Å². The number of amides is 1. The lowest BCUT2D eigenvalue weighted by Crippen LogP contribution is -2.35. The average Bonchev–Trinajstić information content (AvgIpc) is 2.74. The number of fused-ring (bicyclic) bond motifs is 2. The second kappa shape index (κ2) is 5.50. The van der Waals surface area contributed by atoms with Crippen molar-refractivity contribution in [2.24, 2.45) is 5.73 Å². The number of primary amides is 1. The van der Waals surface area contributed by atoms with Gasteiger partial charge in [-0.1, -0.05) is 0 Å². The van der Waals surface area contributed by atoms with Gasteiger partial charge in [-0.3, -0.25) is 9.69 Å². The van der Waals surface area contributed by atoms with Gasteiger partial charge in [0.1, 0.15) is 5.82 Å². The largest absolute Gasteiger partial charge is 0.366 e. The van der Waals surface area contributed by atoms with Crippen molar-refractivity contribution in [1.82, 2.24) is 10.2 Å². The zero-order valence-electron chi connectivity index (χ0n) is 11.4. The molecule has 0 aliphatic carbocycles. The summed E-state index contributed by atoms with van der Waals surface area (Å²) in [7, 11) is 0. The minimum Gasteiger partial charge on any atom is -0.366 e. The number of rotatable bonds is 3. The first-order chi connectivity index (χ1) is 9.61. The lowest BCUT2D eigenvalue weighted by Gasteiger charge is -2.24. The maximum Gasteiger partial charge on any atom is 0.248 e. The molecule has 5 heteroatoms. The predicted octanol–water partition coefficient (Wildman–Crippen LogP) is 1.25. The molecular weight excluding hydrogens is 257 g/mol. The third-order valence-electron chi connectivity index (χ3n) is 4.33. The highest BCUT2D eigenvalue weighted by atomic mass is 19.1. The Kier molecular flexibility index (Phi) is 3.72. The van der Waals surface area contributed by atoms with Gasteiger partial charge in [0.25, 0.3) is 0 Å². The van der Waals surface area contributed by atoms with Crippen LogP contribution >= 0.6 is 0 Å². The topological polar surface area (TPSA) is 58.4 Å². The third-order valence-corrected chi connectivity index (χ3v) is 4.33. The number of nitrogens with one attached hydrogen (secondary N) is 1. The van der Waals surface area contributed by atoms with Crippen LogP contribution in [0.4, 0.5) is 4.39 Å². The number of benzene rings is 1. The molecule has 2 unspecified atom stereocenters. The number of nitrogens with zero attached hydrogens (tertiary/aromatic N) is 1. The van der Waals surface area contributed by atoms with Gasteiger partial charge < -0.3 is 11.1 Å². The highest BCUT2D eigenvalue weighted by Gasteiger charge is 2.29. The van der Waals surface area contributed by atoms with Crippen LogP contribution in [-0.2, 0) is 6.54 Å². The molecule has 2 fully saturated rings. The molecule has 1 aromatic rings. The molecule has 20 heavy (non-hydrogen) atoms. The number of hydrogen-bond acceptors (Lipinski definition) is 3. The van der Waals surface area contributed by atoms with Crippen LogP contribution in [0.3, 0.4) is 0 Å². The van der Waals surface area contributed by atoms with Crippen LogP contribution < -0.4 is 11.1 Å². The van der Waals surface area contributed by atoms with Crippen LogP contribution in [0, 0.1) is 5.82 Å². The molecule has 0 radical (unpaired) electrons. The Morgan fingerprint density at radius 1 is 1.35 bits per heavy atom. The quantitative estimate of drug-likeness (QED) is 0.874. The van der Waals surface area contributed by atoms with Gasteiger partial charge in [-0.25, -0.2) is 4.39 Å². The molecular formula is C15H20FN3O. The summed E-state index contributed by atoms with van der Waals surface area (Å²) < 4.78 is 13.9. The molecule has 1 amide bonds. The van der Waals surface area contributed by atoms with E-state index in [9.17, 15) is 9.18 Å². The van der Waals surface area contributed by atoms with Crippen LogP contribution in [0.5, 0.6) is 0 Å². The molecule has 0 spiro atoms. The summed E-state index contributed by atoms with van der Waals surface area (Å²) in [6.07, 6.45) is 3.56. The summed E-state index contributed by atoms with van der Waals surface area (Å²) in [5, 5.41) is 3.60. The Hall–Kier alpha value is -1.46. The van der Waals surface area contributed by atoms with Crippen LogP contribution in [-0.4, -0.2) is 36.0 Å². The van der Waals surface area contributed by atoms with E-state index in [1.807, 2.05) is 0 Å². The molecule has 0 saturated carbocycles.